The first-order valence-corrected chi connectivity index (χ1v) is 7.48. The van der Waals surface area contributed by atoms with Gasteiger partial charge in [-0.3, -0.25) is 0 Å². The number of aromatic nitrogens is 1. The molecular weight excluding hydrogens is 292 g/mol. The highest BCUT2D eigenvalue weighted by atomic mass is 32.1. The van der Waals surface area contributed by atoms with Crippen LogP contribution in [-0.4, -0.2) is 4.98 Å². The second kappa shape index (κ2) is 6.89. The summed E-state index contributed by atoms with van der Waals surface area (Å²) in [6.45, 7) is 2.15. The molecule has 0 bridgehead atoms. The van der Waals surface area contributed by atoms with Crippen molar-refractivity contribution in [3.05, 3.63) is 45.6 Å². The second-order valence-corrected chi connectivity index (χ2v) is 5.43. The maximum absolute atomic E-state index is 9.36. The lowest BCUT2D eigenvalue weighted by Gasteiger charge is -2.10. The van der Waals surface area contributed by atoms with Gasteiger partial charge < -0.3 is 10.7 Å². The fourth-order valence-corrected chi connectivity index (χ4v) is 2.61. The first kappa shape index (κ1) is 15.8. The van der Waals surface area contributed by atoms with Gasteiger partial charge in [0.15, 0.2) is 0 Å². The molecule has 0 aliphatic heterocycles. The summed E-state index contributed by atoms with van der Waals surface area (Å²) in [6, 6.07) is 12.0. The molecule has 22 heavy (non-hydrogen) atoms. The Morgan fingerprint density at radius 1 is 1.14 bits per heavy atom. The van der Waals surface area contributed by atoms with E-state index in [0.29, 0.717) is 5.56 Å². The number of nitrogens with zero attached hydrogens (tertiary/aromatic N) is 2. The van der Waals surface area contributed by atoms with E-state index in [1.54, 1.807) is 0 Å². The molecule has 5 heteroatoms. The molecule has 0 unspecified atom stereocenters. The minimum atomic E-state index is 0.191. The number of nitrogens with one attached hydrogen (secondary N) is 1. The van der Waals surface area contributed by atoms with Crippen LogP contribution in [0.3, 0.4) is 0 Å². The maximum Gasteiger partial charge on any atom is 0.123 e. The lowest BCUT2D eigenvalue weighted by atomic mass is 9.95. The maximum atomic E-state index is 9.36. The third kappa shape index (κ3) is 3.00. The van der Waals surface area contributed by atoms with Crippen molar-refractivity contribution in [1.29, 1.82) is 10.5 Å². The third-order valence-corrected chi connectivity index (χ3v) is 3.84. The first-order valence-electron chi connectivity index (χ1n) is 7.07. The number of nitriles is 2. The summed E-state index contributed by atoms with van der Waals surface area (Å²) in [4.78, 5) is 2.71. The van der Waals surface area contributed by atoms with Crippen molar-refractivity contribution in [2.45, 2.75) is 26.2 Å². The summed E-state index contributed by atoms with van der Waals surface area (Å²) in [5.74, 6) is 0.191. The van der Waals surface area contributed by atoms with Crippen LogP contribution in [0.5, 0.6) is 0 Å². The predicted molar refractivity (Wildman–Crippen MR) is 89.5 cm³/mol. The zero-order chi connectivity index (χ0) is 16.1. The first-order chi connectivity index (χ1) is 10.6. The normalized spacial score (nSPS) is 9.95. The van der Waals surface area contributed by atoms with Gasteiger partial charge in [-0.2, -0.15) is 10.5 Å². The Hall–Kier alpha value is -2.63. The number of aromatic amines is 1. The van der Waals surface area contributed by atoms with Crippen LogP contribution in [-0.2, 0) is 6.42 Å². The van der Waals surface area contributed by atoms with Gasteiger partial charge >= 0.3 is 0 Å². The Kier molecular flexibility index (Phi) is 4.93. The molecule has 1 heterocycles. The molecule has 0 saturated carbocycles. The summed E-state index contributed by atoms with van der Waals surface area (Å²) < 4.78 is 0.254. The van der Waals surface area contributed by atoms with Crippen molar-refractivity contribution in [3.8, 4) is 23.3 Å². The molecule has 2 rings (SSSR count). The molecule has 1 aromatic carbocycles. The fourth-order valence-electron chi connectivity index (χ4n) is 2.35. The lowest BCUT2D eigenvalue weighted by Crippen LogP contribution is -2.01. The quantitative estimate of drug-likeness (QED) is 0.833. The molecule has 2 aromatic rings. The third-order valence-electron chi connectivity index (χ3n) is 3.53. The second-order valence-electron chi connectivity index (χ2n) is 5.02. The molecule has 0 aliphatic carbocycles. The van der Waals surface area contributed by atoms with Gasteiger partial charge in [-0.15, -0.1) is 0 Å². The number of anilines is 1. The highest BCUT2D eigenvalue weighted by Gasteiger charge is 2.16. The van der Waals surface area contributed by atoms with Gasteiger partial charge in [0.1, 0.15) is 28.2 Å². The number of nitrogens with two attached hydrogens (primary N) is 1. The fraction of sp³-hybridized carbons (Fsp3) is 0.235. The molecule has 0 aliphatic rings. The molecule has 0 radical (unpaired) electrons. The summed E-state index contributed by atoms with van der Waals surface area (Å²) in [5, 5.41) is 18.7. The van der Waals surface area contributed by atoms with E-state index in [1.807, 2.05) is 24.3 Å². The van der Waals surface area contributed by atoms with Gasteiger partial charge in [0.05, 0.1) is 5.56 Å². The number of hydrogen-bond acceptors (Lipinski definition) is 4. The Bertz CT molecular complexity index is 820. The van der Waals surface area contributed by atoms with Gasteiger partial charge in [-0.1, -0.05) is 49.8 Å². The highest BCUT2D eigenvalue weighted by Crippen LogP contribution is 2.30. The van der Waals surface area contributed by atoms with Crippen LogP contribution in [0.15, 0.2) is 24.3 Å². The molecule has 110 valence electrons. The van der Waals surface area contributed by atoms with Crippen LogP contribution < -0.4 is 5.73 Å². The van der Waals surface area contributed by atoms with Gasteiger partial charge in [0, 0.05) is 5.56 Å². The lowest BCUT2D eigenvalue weighted by molar-refractivity contribution is 0.795. The number of rotatable bonds is 4. The van der Waals surface area contributed by atoms with Gasteiger partial charge in [0.2, 0.25) is 0 Å². The minimum absolute atomic E-state index is 0.191. The molecular formula is C17H16N4S. The van der Waals surface area contributed by atoms with Crippen molar-refractivity contribution < 1.29 is 0 Å². The van der Waals surface area contributed by atoms with Gasteiger partial charge in [-0.05, 0) is 24.0 Å². The Balaban J connectivity index is 2.60. The van der Waals surface area contributed by atoms with Crippen molar-refractivity contribution in [2.75, 3.05) is 5.73 Å². The number of nitrogen functional groups attached to an aromatic ring is 1. The van der Waals surface area contributed by atoms with E-state index in [0.717, 1.165) is 24.8 Å². The number of unbranched alkanes of at least 4 members (excludes halogenated alkanes) is 1. The van der Waals surface area contributed by atoms with E-state index in [4.69, 9.17) is 18.0 Å². The molecule has 0 saturated heterocycles. The summed E-state index contributed by atoms with van der Waals surface area (Å²) in [5.41, 5.74) is 8.89. The summed E-state index contributed by atoms with van der Waals surface area (Å²) >= 11 is 5.15. The number of aryl methyl sites for hydroxylation is 1. The highest BCUT2D eigenvalue weighted by molar-refractivity contribution is 7.71. The van der Waals surface area contributed by atoms with Crippen LogP contribution in [0.25, 0.3) is 11.1 Å². The molecule has 0 fully saturated rings. The van der Waals surface area contributed by atoms with E-state index >= 15 is 0 Å². The average Bonchev–Trinajstić information content (AvgIpc) is 2.53. The topological polar surface area (TPSA) is 89.4 Å². The Morgan fingerprint density at radius 3 is 2.32 bits per heavy atom. The summed E-state index contributed by atoms with van der Waals surface area (Å²) in [7, 11) is 0. The van der Waals surface area contributed by atoms with Crippen LogP contribution in [0.4, 0.5) is 5.82 Å². The monoisotopic (exact) mass is 308 g/mol. The molecule has 0 atom stereocenters. The predicted octanol–water partition coefficient (Wildman–Crippen LogP) is 4.08. The minimum Gasteiger partial charge on any atom is -0.384 e. The number of benzene rings is 1. The number of pyridine rings is 1. The van der Waals surface area contributed by atoms with E-state index in [2.05, 4.69) is 24.0 Å². The van der Waals surface area contributed by atoms with Gasteiger partial charge in [0.25, 0.3) is 0 Å². The number of hydrogen-bond donors (Lipinski definition) is 2. The van der Waals surface area contributed by atoms with Crippen molar-refractivity contribution in [2.24, 2.45) is 0 Å². The van der Waals surface area contributed by atoms with Crippen molar-refractivity contribution in [1.82, 2.24) is 4.98 Å². The van der Waals surface area contributed by atoms with E-state index in [1.165, 1.54) is 5.56 Å². The zero-order valence-corrected chi connectivity index (χ0v) is 13.1. The summed E-state index contributed by atoms with van der Waals surface area (Å²) in [6.07, 6.45) is 3.29. The average molecular weight is 308 g/mol. The van der Waals surface area contributed by atoms with Crippen LogP contribution >= 0.6 is 12.2 Å². The van der Waals surface area contributed by atoms with Gasteiger partial charge in [-0.25, -0.2) is 0 Å². The van der Waals surface area contributed by atoms with Crippen molar-refractivity contribution in [3.63, 3.8) is 0 Å². The van der Waals surface area contributed by atoms with Crippen LogP contribution in [0.2, 0.25) is 0 Å². The van der Waals surface area contributed by atoms with Crippen LogP contribution in [0.1, 0.15) is 36.5 Å². The molecule has 4 nitrogen and oxygen atoms in total. The largest absolute Gasteiger partial charge is 0.384 e. The standard InChI is InChI=1S/C17H16N4S/c1-2-3-4-11-5-7-12(8-6-11)15-13(9-18)16(20)21-17(22)14(15)10-19/h5-8H,2-4H2,1H3,(H3,20,21,22). The van der Waals surface area contributed by atoms with Crippen molar-refractivity contribution >= 4 is 18.0 Å². The Morgan fingerprint density at radius 2 is 1.77 bits per heavy atom. The molecule has 0 amide bonds. The van der Waals surface area contributed by atoms with E-state index < -0.39 is 0 Å². The SMILES string of the molecule is CCCCc1ccc(-c2c(C#N)c(N)[nH]c(=S)c2C#N)cc1. The van der Waals surface area contributed by atoms with E-state index in [9.17, 15) is 10.5 Å². The molecule has 3 N–H and O–H groups in total. The smallest absolute Gasteiger partial charge is 0.123 e. The van der Waals surface area contributed by atoms with E-state index in [-0.39, 0.29) is 21.6 Å². The zero-order valence-electron chi connectivity index (χ0n) is 12.3. The van der Waals surface area contributed by atoms with Crippen LogP contribution in [0, 0.1) is 27.3 Å². The molecule has 1 aromatic heterocycles. The Labute approximate surface area is 134 Å². The molecule has 0 spiro atoms. The number of H-pyrrole nitrogens is 1.